The number of aryl methyl sites for hydroxylation is 1. The van der Waals surface area contributed by atoms with E-state index < -0.39 is 10.8 Å². The van der Waals surface area contributed by atoms with Crippen LogP contribution in [0.2, 0.25) is 0 Å². The molecule has 0 aliphatic carbocycles. The van der Waals surface area contributed by atoms with Crippen LogP contribution < -0.4 is 5.01 Å². The number of anilines is 1. The molecule has 152 valence electrons. The van der Waals surface area contributed by atoms with E-state index in [9.17, 15) is 14.9 Å². The molecule has 0 atom stereocenters. The Labute approximate surface area is 184 Å². The maximum Gasteiger partial charge on any atom is 0.324 e. The molecular formula is C21H13N5O3S2. The molecule has 0 saturated heterocycles. The normalized spacial score (nSPS) is 11.0. The summed E-state index contributed by atoms with van der Waals surface area (Å²) in [6.45, 7) is 1.97. The van der Waals surface area contributed by atoms with Crippen molar-refractivity contribution in [2.75, 3.05) is 5.01 Å². The number of nitro groups is 1. The predicted molar refractivity (Wildman–Crippen MR) is 121 cm³/mol. The van der Waals surface area contributed by atoms with Crippen molar-refractivity contribution in [3.63, 3.8) is 0 Å². The van der Waals surface area contributed by atoms with Crippen molar-refractivity contribution in [2.24, 2.45) is 5.10 Å². The maximum absolute atomic E-state index is 13.2. The van der Waals surface area contributed by atoms with Gasteiger partial charge in [-0.15, -0.1) is 0 Å². The highest BCUT2D eigenvalue weighted by atomic mass is 32.1. The third-order valence-corrected chi connectivity index (χ3v) is 6.23. The van der Waals surface area contributed by atoms with Gasteiger partial charge in [-0.25, -0.2) is 4.98 Å². The Morgan fingerprint density at radius 1 is 1.19 bits per heavy atom. The molecule has 2 heterocycles. The molecule has 0 spiro atoms. The van der Waals surface area contributed by atoms with Gasteiger partial charge in [0, 0.05) is 11.6 Å². The highest BCUT2D eigenvalue weighted by Crippen LogP contribution is 2.31. The zero-order valence-corrected chi connectivity index (χ0v) is 17.7. The Kier molecular flexibility index (Phi) is 5.53. The molecule has 0 N–H and O–H groups in total. The molecule has 0 fully saturated rings. The number of aromatic nitrogens is 1. The van der Waals surface area contributed by atoms with Gasteiger partial charge in [0.05, 0.1) is 37.9 Å². The van der Waals surface area contributed by atoms with E-state index >= 15 is 0 Å². The number of carbonyl (C=O) groups is 1. The summed E-state index contributed by atoms with van der Waals surface area (Å²) in [7, 11) is 0. The van der Waals surface area contributed by atoms with Gasteiger partial charge in [-0.2, -0.15) is 15.4 Å². The molecule has 0 radical (unpaired) electrons. The van der Waals surface area contributed by atoms with E-state index in [0.29, 0.717) is 21.1 Å². The second-order valence-corrected chi connectivity index (χ2v) is 8.55. The van der Waals surface area contributed by atoms with Crippen molar-refractivity contribution in [1.29, 1.82) is 5.26 Å². The van der Waals surface area contributed by atoms with Gasteiger partial charge < -0.3 is 0 Å². The van der Waals surface area contributed by atoms with Gasteiger partial charge in [-0.1, -0.05) is 28.7 Å². The van der Waals surface area contributed by atoms with Crippen LogP contribution in [0.5, 0.6) is 0 Å². The van der Waals surface area contributed by atoms with Gasteiger partial charge in [-0.3, -0.25) is 14.9 Å². The van der Waals surface area contributed by atoms with Crippen molar-refractivity contribution in [1.82, 2.24) is 4.98 Å². The van der Waals surface area contributed by atoms with Crippen molar-refractivity contribution in [2.45, 2.75) is 6.92 Å². The lowest BCUT2D eigenvalue weighted by molar-refractivity contribution is -0.380. The second kappa shape index (κ2) is 8.43. The Morgan fingerprint density at radius 3 is 2.65 bits per heavy atom. The van der Waals surface area contributed by atoms with Gasteiger partial charge in [0.1, 0.15) is 0 Å². The second-order valence-electron chi connectivity index (χ2n) is 6.45. The lowest BCUT2D eigenvalue weighted by atomic mass is 10.1. The fraction of sp³-hybridized carbons (Fsp3) is 0.0476. The number of rotatable bonds is 5. The van der Waals surface area contributed by atoms with E-state index in [-0.39, 0.29) is 5.00 Å². The zero-order chi connectivity index (χ0) is 22.0. The SMILES string of the molecule is Cc1ccc2nc(N(/N=C/c3ccc([N+](=O)[O-])s3)C(=O)c3ccc(C#N)cc3)sc2c1. The largest absolute Gasteiger partial charge is 0.324 e. The Morgan fingerprint density at radius 2 is 1.97 bits per heavy atom. The van der Waals surface area contributed by atoms with E-state index in [1.165, 1.54) is 28.6 Å². The molecule has 0 aliphatic rings. The van der Waals surface area contributed by atoms with E-state index in [2.05, 4.69) is 10.1 Å². The van der Waals surface area contributed by atoms with Gasteiger partial charge in [0.25, 0.3) is 5.91 Å². The first-order valence-corrected chi connectivity index (χ1v) is 10.6. The minimum absolute atomic E-state index is 0.0121. The fourth-order valence-corrected chi connectivity index (χ4v) is 4.44. The van der Waals surface area contributed by atoms with Crippen molar-refractivity contribution in [3.05, 3.63) is 86.3 Å². The molecule has 0 saturated carbocycles. The summed E-state index contributed by atoms with van der Waals surface area (Å²) in [6, 6.07) is 17.0. The number of nitriles is 1. The molecule has 0 aliphatic heterocycles. The zero-order valence-electron chi connectivity index (χ0n) is 16.1. The van der Waals surface area contributed by atoms with Crippen LogP contribution in [0, 0.1) is 28.4 Å². The Bertz CT molecular complexity index is 1370. The Balaban J connectivity index is 1.74. The van der Waals surface area contributed by atoms with E-state index in [1.807, 2.05) is 31.2 Å². The molecule has 4 aromatic rings. The number of benzene rings is 2. The molecule has 31 heavy (non-hydrogen) atoms. The molecule has 10 heteroatoms. The number of hydrogen-bond acceptors (Lipinski definition) is 8. The fourth-order valence-electron chi connectivity index (χ4n) is 2.73. The first kappa shape index (κ1) is 20.3. The number of amides is 1. The molecule has 0 unspecified atom stereocenters. The van der Waals surface area contributed by atoms with E-state index in [4.69, 9.17) is 5.26 Å². The summed E-state index contributed by atoms with van der Waals surface area (Å²) >= 11 is 2.28. The summed E-state index contributed by atoms with van der Waals surface area (Å²) in [6.07, 6.45) is 1.40. The van der Waals surface area contributed by atoms with Crippen molar-refractivity contribution < 1.29 is 9.72 Å². The molecule has 0 bridgehead atoms. The average molecular weight is 448 g/mol. The number of carbonyl (C=O) groups excluding carboxylic acids is 1. The number of hydrogen-bond donors (Lipinski definition) is 0. The van der Waals surface area contributed by atoms with Crippen molar-refractivity contribution in [3.8, 4) is 6.07 Å². The standard InChI is InChI=1S/C21H13N5O3S2/c1-13-2-8-17-18(10-13)31-21(24-17)25(20(27)15-5-3-14(11-22)4-6-15)23-12-16-7-9-19(30-16)26(28)29/h2-10,12H,1H3/b23-12+. The molecule has 8 nitrogen and oxygen atoms in total. The summed E-state index contributed by atoms with van der Waals surface area (Å²) in [5.74, 6) is -0.428. The third-order valence-electron chi connectivity index (χ3n) is 4.26. The number of hydrazone groups is 1. The first-order chi connectivity index (χ1) is 14.9. The predicted octanol–water partition coefficient (Wildman–Crippen LogP) is 5.13. The van der Waals surface area contributed by atoms with Gasteiger partial charge in [0.15, 0.2) is 0 Å². The lowest BCUT2D eigenvalue weighted by Crippen LogP contribution is -2.25. The topological polar surface area (TPSA) is 112 Å². The number of thiazole rings is 1. The van der Waals surface area contributed by atoms with Crippen LogP contribution in [0.3, 0.4) is 0 Å². The minimum atomic E-state index is -0.475. The number of nitrogens with zero attached hydrogens (tertiary/aromatic N) is 5. The van der Waals surface area contributed by atoms with E-state index in [0.717, 1.165) is 27.1 Å². The van der Waals surface area contributed by atoms with Gasteiger partial charge in [0.2, 0.25) is 5.13 Å². The summed E-state index contributed by atoms with van der Waals surface area (Å²) < 4.78 is 0.912. The van der Waals surface area contributed by atoms with Crippen LogP contribution in [-0.4, -0.2) is 22.0 Å². The lowest BCUT2D eigenvalue weighted by Gasteiger charge is -2.13. The summed E-state index contributed by atoms with van der Waals surface area (Å²) in [5, 5.41) is 25.7. The highest BCUT2D eigenvalue weighted by Gasteiger charge is 2.21. The molecule has 4 rings (SSSR count). The van der Waals surface area contributed by atoms with Crippen LogP contribution in [0.1, 0.15) is 26.4 Å². The van der Waals surface area contributed by atoms with Crippen LogP contribution >= 0.6 is 22.7 Å². The molecule has 2 aromatic carbocycles. The molecule has 1 amide bonds. The molecule has 2 aromatic heterocycles. The van der Waals surface area contributed by atoms with Crippen LogP contribution in [0.15, 0.2) is 59.7 Å². The van der Waals surface area contributed by atoms with Crippen LogP contribution in [-0.2, 0) is 0 Å². The quantitative estimate of drug-likeness (QED) is 0.239. The smallest absolute Gasteiger partial charge is 0.267 e. The maximum atomic E-state index is 13.2. The average Bonchev–Trinajstić information content (AvgIpc) is 3.41. The van der Waals surface area contributed by atoms with Gasteiger partial charge >= 0.3 is 5.00 Å². The summed E-state index contributed by atoms with van der Waals surface area (Å²) in [5.41, 5.74) is 2.59. The summed E-state index contributed by atoms with van der Waals surface area (Å²) in [4.78, 5) is 28.7. The first-order valence-electron chi connectivity index (χ1n) is 8.94. The monoisotopic (exact) mass is 447 g/mol. The highest BCUT2D eigenvalue weighted by molar-refractivity contribution is 7.22. The van der Waals surface area contributed by atoms with Crippen molar-refractivity contribution >= 4 is 55.1 Å². The van der Waals surface area contributed by atoms with Crippen LogP contribution in [0.25, 0.3) is 10.2 Å². The molecular weight excluding hydrogens is 434 g/mol. The van der Waals surface area contributed by atoms with E-state index in [1.54, 1.807) is 30.3 Å². The minimum Gasteiger partial charge on any atom is -0.267 e. The third kappa shape index (κ3) is 4.32. The number of fused-ring (bicyclic) bond motifs is 1. The van der Waals surface area contributed by atoms with Crippen LogP contribution in [0.4, 0.5) is 10.1 Å². The Hall–Kier alpha value is -3.94. The number of thiophene rings is 1. The van der Waals surface area contributed by atoms with Gasteiger partial charge in [-0.05, 0) is 55.0 Å².